The van der Waals surface area contributed by atoms with Gasteiger partial charge in [-0.05, 0) is 56.2 Å². The Hall–Kier alpha value is -3.23. The molecule has 0 unspecified atom stereocenters. The molecule has 8 nitrogen and oxygen atoms in total. The lowest BCUT2D eigenvalue weighted by molar-refractivity contribution is -0.138. The van der Waals surface area contributed by atoms with E-state index in [1.54, 1.807) is 11.8 Å². The van der Waals surface area contributed by atoms with E-state index in [2.05, 4.69) is 15.1 Å². The quantitative estimate of drug-likeness (QED) is 0.642. The van der Waals surface area contributed by atoms with Gasteiger partial charge >= 0.3 is 0 Å². The van der Waals surface area contributed by atoms with Gasteiger partial charge in [0.1, 0.15) is 17.4 Å². The van der Waals surface area contributed by atoms with Gasteiger partial charge in [-0.1, -0.05) is 0 Å². The van der Waals surface area contributed by atoms with E-state index < -0.39 is 6.10 Å². The molecule has 1 aliphatic carbocycles. The molecule has 1 amide bonds. The molecule has 1 saturated carbocycles. The van der Waals surface area contributed by atoms with Crippen LogP contribution in [-0.2, 0) is 4.79 Å². The summed E-state index contributed by atoms with van der Waals surface area (Å²) in [6, 6.07) is 9.59. The smallest absolute Gasteiger partial charge is 0.263 e. The zero-order valence-corrected chi connectivity index (χ0v) is 16.7. The Balaban J connectivity index is 1.21. The van der Waals surface area contributed by atoms with Crippen LogP contribution in [0, 0.1) is 5.82 Å². The maximum atomic E-state index is 13.0. The van der Waals surface area contributed by atoms with Crippen LogP contribution in [-0.4, -0.2) is 62.9 Å². The van der Waals surface area contributed by atoms with E-state index in [-0.39, 0.29) is 11.7 Å². The van der Waals surface area contributed by atoms with Crippen LogP contribution < -0.4 is 9.64 Å². The van der Waals surface area contributed by atoms with Gasteiger partial charge in [-0.15, -0.1) is 15.3 Å². The molecule has 156 valence electrons. The normalized spacial score (nSPS) is 17.9. The van der Waals surface area contributed by atoms with Gasteiger partial charge in [0.05, 0.1) is 0 Å². The highest BCUT2D eigenvalue weighted by Crippen LogP contribution is 2.38. The minimum Gasteiger partial charge on any atom is -0.481 e. The van der Waals surface area contributed by atoms with Crippen LogP contribution in [0.15, 0.2) is 36.4 Å². The van der Waals surface area contributed by atoms with Crippen LogP contribution >= 0.6 is 0 Å². The highest BCUT2D eigenvalue weighted by Gasteiger charge is 2.30. The van der Waals surface area contributed by atoms with Crippen LogP contribution in [0.4, 0.5) is 10.2 Å². The van der Waals surface area contributed by atoms with Gasteiger partial charge in [0.15, 0.2) is 17.6 Å². The highest BCUT2D eigenvalue weighted by atomic mass is 19.1. The van der Waals surface area contributed by atoms with Crippen LogP contribution in [0.1, 0.15) is 31.5 Å². The third-order valence-corrected chi connectivity index (χ3v) is 5.60. The fourth-order valence-electron chi connectivity index (χ4n) is 3.74. The van der Waals surface area contributed by atoms with E-state index in [9.17, 15) is 9.18 Å². The molecular formula is C21H23FN6O2. The van der Waals surface area contributed by atoms with E-state index in [4.69, 9.17) is 9.84 Å². The second-order valence-corrected chi connectivity index (χ2v) is 7.82. The molecule has 2 aliphatic rings. The highest BCUT2D eigenvalue weighted by molar-refractivity contribution is 5.81. The number of carbonyl (C=O) groups excluding carboxylic acids is 1. The molecule has 0 N–H and O–H groups in total. The molecule has 1 saturated heterocycles. The third kappa shape index (κ3) is 3.67. The maximum Gasteiger partial charge on any atom is 0.263 e. The Labute approximate surface area is 173 Å². The molecule has 1 aromatic carbocycles. The summed E-state index contributed by atoms with van der Waals surface area (Å²) in [5, 5.41) is 13.2. The number of halogens is 1. The number of benzene rings is 1. The monoisotopic (exact) mass is 410 g/mol. The van der Waals surface area contributed by atoms with Crippen LogP contribution in [0.5, 0.6) is 5.75 Å². The molecule has 30 heavy (non-hydrogen) atoms. The first-order valence-corrected chi connectivity index (χ1v) is 10.3. The van der Waals surface area contributed by atoms with Crippen molar-refractivity contribution in [3.8, 4) is 5.75 Å². The van der Waals surface area contributed by atoms with Crippen molar-refractivity contribution in [2.24, 2.45) is 0 Å². The number of rotatable bonds is 5. The molecular weight excluding hydrogens is 387 g/mol. The molecule has 0 spiro atoms. The SMILES string of the molecule is C[C@H](Oc1ccc(F)cc1)C(=O)N1CCN(c2ccc3nnc(C4CC4)n3n2)CC1. The van der Waals surface area contributed by atoms with E-state index >= 15 is 0 Å². The summed E-state index contributed by atoms with van der Waals surface area (Å²) in [6.45, 7) is 4.28. The minimum atomic E-state index is -0.630. The number of anilines is 1. The van der Waals surface area contributed by atoms with Crippen molar-refractivity contribution in [3.63, 3.8) is 0 Å². The number of hydrogen-bond acceptors (Lipinski definition) is 6. The summed E-state index contributed by atoms with van der Waals surface area (Å²) < 4.78 is 20.6. The minimum absolute atomic E-state index is 0.0720. The Morgan fingerprint density at radius 2 is 1.80 bits per heavy atom. The zero-order chi connectivity index (χ0) is 20.7. The average molecular weight is 410 g/mol. The second kappa shape index (κ2) is 7.55. The van der Waals surface area contributed by atoms with E-state index in [0.29, 0.717) is 37.8 Å². The molecule has 0 bridgehead atoms. The van der Waals surface area contributed by atoms with Crippen molar-refractivity contribution >= 4 is 17.4 Å². The molecule has 1 atom stereocenters. The fourth-order valence-corrected chi connectivity index (χ4v) is 3.74. The van der Waals surface area contributed by atoms with Crippen molar-refractivity contribution in [1.82, 2.24) is 24.7 Å². The predicted molar refractivity (Wildman–Crippen MR) is 108 cm³/mol. The molecule has 3 aromatic rings. The summed E-state index contributed by atoms with van der Waals surface area (Å²) in [7, 11) is 0. The Bertz CT molecular complexity index is 1060. The third-order valence-electron chi connectivity index (χ3n) is 5.60. The predicted octanol–water partition coefficient (Wildman–Crippen LogP) is 2.26. The summed E-state index contributed by atoms with van der Waals surface area (Å²) in [5.74, 6) is 2.35. The summed E-state index contributed by atoms with van der Waals surface area (Å²) >= 11 is 0. The topological polar surface area (TPSA) is 75.9 Å². The molecule has 0 radical (unpaired) electrons. The first-order valence-electron chi connectivity index (χ1n) is 10.3. The number of aromatic nitrogens is 4. The summed E-state index contributed by atoms with van der Waals surface area (Å²) in [4.78, 5) is 16.7. The van der Waals surface area contributed by atoms with E-state index in [1.807, 2.05) is 16.6 Å². The second-order valence-electron chi connectivity index (χ2n) is 7.82. The first-order chi connectivity index (χ1) is 14.6. The van der Waals surface area contributed by atoms with E-state index in [0.717, 1.165) is 30.1 Å². The Morgan fingerprint density at radius 1 is 1.07 bits per heavy atom. The maximum absolute atomic E-state index is 13.0. The van der Waals surface area contributed by atoms with Gasteiger partial charge in [0.2, 0.25) is 0 Å². The zero-order valence-electron chi connectivity index (χ0n) is 16.7. The van der Waals surface area contributed by atoms with Crippen LogP contribution in [0.25, 0.3) is 5.65 Å². The fraction of sp³-hybridized carbons (Fsp3) is 0.429. The van der Waals surface area contributed by atoms with E-state index in [1.165, 1.54) is 24.3 Å². The van der Waals surface area contributed by atoms with Crippen molar-refractivity contribution in [1.29, 1.82) is 0 Å². The molecule has 5 rings (SSSR count). The van der Waals surface area contributed by atoms with Gasteiger partial charge < -0.3 is 14.5 Å². The first kappa shape index (κ1) is 18.8. The number of fused-ring (bicyclic) bond motifs is 1. The summed E-state index contributed by atoms with van der Waals surface area (Å²) in [6.07, 6.45) is 1.66. The standard InChI is InChI=1S/C21H23FN6O2/c1-14(30-17-6-4-16(22)5-7-17)21(29)27-12-10-26(11-13-27)19-9-8-18-23-24-20(15-2-3-15)28(18)25-19/h4-9,14-15H,2-3,10-13H2,1H3/t14-/m0/s1. The number of hydrogen-bond donors (Lipinski definition) is 0. The molecule has 9 heteroatoms. The lowest BCUT2D eigenvalue weighted by atomic mass is 10.2. The van der Waals surface area contributed by atoms with Gasteiger partial charge in [-0.3, -0.25) is 4.79 Å². The molecule has 2 fully saturated rings. The lowest BCUT2D eigenvalue weighted by Gasteiger charge is -2.36. The van der Waals surface area contributed by atoms with Crippen LogP contribution in [0.2, 0.25) is 0 Å². The van der Waals surface area contributed by atoms with Crippen molar-refractivity contribution in [2.45, 2.75) is 31.8 Å². The average Bonchev–Trinajstić information content (AvgIpc) is 3.53. The van der Waals surface area contributed by atoms with Crippen molar-refractivity contribution in [3.05, 3.63) is 48.0 Å². The molecule has 3 heterocycles. The van der Waals surface area contributed by atoms with Gasteiger partial charge in [0.25, 0.3) is 5.91 Å². The Morgan fingerprint density at radius 3 is 2.50 bits per heavy atom. The van der Waals surface area contributed by atoms with Crippen LogP contribution in [0.3, 0.4) is 0 Å². The Kier molecular flexibility index (Phi) is 4.72. The summed E-state index contributed by atoms with van der Waals surface area (Å²) in [5.41, 5.74) is 0.765. The molecule has 2 aromatic heterocycles. The van der Waals surface area contributed by atoms with Gasteiger partial charge in [-0.25, -0.2) is 4.39 Å². The van der Waals surface area contributed by atoms with Crippen molar-refractivity contribution < 1.29 is 13.9 Å². The number of nitrogens with zero attached hydrogens (tertiary/aromatic N) is 6. The molecule has 1 aliphatic heterocycles. The number of piperazine rings is 1. The number of carbonyl (C=O) groups is 1. The lowest BCUT2D eigenvalue weighted by Crippen LogP contribution is -2.52. The number of amides is 1. The van der Waals surface area contributed by atoms with Gasteiger partial charge in [0, 0.05) is 32.1 Å². The number of ether oxygens (including phenoxy) is 1. The van der Waals surface area contributed by atoms with Gasteiger partial charge in [-0.2, -0.15) is 4.52 Å². The van der Waals surface area contributed by atoms with Crippen molar-refractivity contribution in [2.75, 3.05) is 31.1 Å². The largest absolute Gasteiger partial charge is 0.481 e.